The van der Waals surface area contributed by atoms with E-state index in [0.717, 1.165) is 17.1 Å². The predicted molar refractivity (Wildman–Crippen MR) is 83.5 cm³/mol. The minimum absolute atomic E-state index is 0.00778. The zero-order chi connectivity index (χ0) is 15.4. The zero-order valence-corrected chi connectivity index (χ0v) is 12.4. The SMILES string of the molecule is Cc1nn(C)c(N(CCO)Cc2ccccc2)c1C(=N)N. The lowest BCUT2D eigenvalue weighted by Gasteiger charge is -2.25. The third-order valence-corrected chi connectivity index (χ3v) is 3.35. The van der Waals surface area contributed by atoms with Crippen LogP contribution < -0.4 is 10.6 Å². The normalized spacial score (nSPS) is 10.6. The first kappa shape index (κ1) is 15.1. The van der Waals surface area contributed by atoms with Crippen molar-refractivity contribution in [2.45, 2.75) is 13.5 Å². The highest BCUT2D eigenvalue weighted by Gasteiger charge is 2.21. The molecular weight excluding hydrogens is 266 g/mol. The van der Waals surface area contributed by atoms with Crippen molar-refractivity contribution in [2.75, 3.05) is 18.1 Å². The maximum absolute atomic E-state index is 9.35. The Morgan fingerprint density at radius 1 is 1.38 bits per heavy atom. The van der Waals surface area contributed by atoms with Crippen molar-refractivity contribution in [3.05, 3.63) is 47.2 Å². The van der Waals surface area contributed by atoms with Crippen LogP contribution in [0.2, 0.25) is 0 Å². The predicted octanol–water partition coefficient (Wildman–Crippen LogP) is 1.01. The summed E-state index contributed by atoms with van der Waals surface area (Å²) in [7, 11) is 1.82. The summed E-state index contributed by atoms with van der Waals surface area (Å²) in [6.45, 7) is 2.93. The van der Waals surface area contributed by atoms with Crippen LogP contribution in [0.25, 0.3) is 0 Å². The van der Waals surface area contributed by atoms with E-state index in [1.54, 1.807) is 4.68 Å². The molecule has 0 aliphatic heterocycles. The van der Waals surface area contributed by atoms with Crippen molar-refractivity contribution in [2.24, 2.45) is 12.8 Å². The second-order valence-corrected chi connectivity index (χ2v) is 4.95. The third kappa shape index (κ3) is 3.22. The molecule has 6 heteroatoms. The van der Waals surface area contributed by atoms with Gasteiger partial charge >= 0.3 is 0 Å². The Hall–Kier alpha value is -2.34. The van der Waals surface area contributed by atoms with Crippen LogP contribution in [0.5, 0.6) is 0 Å². The molecule has 6 nitrogen and oxygen atoms in total. The largest absolute Gasteiger partial charge is 0.395 e. The Bertz CT molecular complexity index is 620. The number of aryl methyl sites for hydroxylation is 2. The Balaban J connectivity index is 2.41. The van der Waals surface area contributed by atoms with Gasteiger partial charge in [0.15, 0.2) is 0 Å². The fraction of sp³-hybridized carbons (Fsp3) is 0.333. The lowest BCUT2D eigenvalue weighted by Crippen LogP contribution is -2.30. The number of hydrogen-bond acceptors (Lipinski definition) is 4. The van der Waals surface area contributed by atoms with E-state index in [-0.39, 0.29) is 12.4 Å². The smallest absolute Gasteiger partial charge is 0.138 e. The van der Waals surface area contributed by atoms with Crippen molar-refractivity contribution < 1.29 is 5.11 Å². The van der Waals surface area contributed by atoms with Crippen LogP contribution in [0.15, 0.2) is 30.3 Å². The number of aromatic nitrogens is 2. The molecule has 0 bridgehead atoms. The van der Waals surface area contributed by atoms with E-state index >= 15 is 0 Å². The van der Waals surface area contributed by atoms with Crippen molar-refractivity contribution in [3.8, 4) is 0 Å². The molecule has 0 saturated heterocycles. The molecule has 0 saturated carbocycles. The fourth-order valence-corrected chi connectivity index (χ4v) is 2.51. The summed E-state index contributed by atoms with van der Waals surface area (Å²) in [6, 6.07) is 9.98. The van der Waals surface area contributed by atoms with Gasteiger partial charge in [0.2, 0.25) is 0 Å². The molecule has 0 spiro atoms. The quantitative estimate of drug-likeness (QED) is 0.546. The van der Waals surface area contributed by atoms with E-state index < -0.39 is 0 Å². The van der Waals surface area contributed by atoms with Gasteiger partial charge in [0.05, 0.1) is 17.9 Å². The summed E-state index contributed by atoms with van der Waals surface area (Å²) >= 11 is 0. The van der Waals surface area contributed by atoms with E-state index in [0.29, 0.717) is 18.7 Å². The summed E-state index contributed by atoms with van der Waals surface area (Å²) in [4.78, 5) is 1.99. The van der Waals surface area contributed by atoms with Crippen LogP contribution in [0.4, 0.5) is 5.82 Å². The average Bonchev–Trinajstić information content (AvgIpc) is 2.74. The molecule has 1 heterocycles. The number of anilines is 1. The summed E-state index contributed by atoms with van der Waals surface area (Å²) in [5.74, 6) is 0.754. The Kier molecular flexibility index (Phi) is 4.59. The minimum atomic E-state index is -0.00778. The molecule has 2 aromatic rings. The van der Waals surface area contributed by atoms with Crippen molar-refractivity contribution in [1.29, 1.82) is 5.41 Å². The average molecular weight is 287 g/mol. The van der Waals surface area contributed by atoms with Gasteiger partial charge in [0.1, 0.15) is 11.7 Å². The minimum Gasteiger partial charge on any atom is -0.395 e. The topological polar surface area (TPSA) is 91.2 Å². The zero-order valence-electron chi connectivity index (χ0n) is 12.4. The van der Waals surface area contributed by atoms with Gasteiger partial charge in [-0.25, -0.2) is 0 Å². The molecule has 0 aliphatic rings. The molecule has 0 radical (unpaired) electrons. The monoisotopic (exact) mass is 287 g/mol. The maximum Gasteiger partial charge on any atom is 0.138 e. The number of aliphatic hydroxyl groups is 1. The first-order valence-electron chi connectivity index (χ1n) is 6.82. The van der Waals surface area contributed by atoms with Crippen molar-refractivity contribution >= 4 is 11.7 Å². The first-order chi connectivity index (χ1) is 10.0. The summed E-state index contributed by atoms with van der Waals surface area (Å²) in [5, 5.41) is 21.5. The molecular formula is C15H21N5O. The Morgan fingerprint density at radius 2 is 2.05 bits per heavy atom. The molecule has 2 rings (SSSR count). The standard InChI is InChI=1S/C15H21N5O/c1-11-13(14(16)17)15(19(2)18-11)20(8-9-21)10-12-6-4-3-5-7-12/h3-7,21H,8-10H2,1-2H3,(H3,16,17). The number of amidine groups is 1. The van der Waals surface area contributed by atoms with Crippen LogP contribution in [-0.2, 0) is 13.6 Å². The van der Waals surface area contributed by atoms with Gasteiger partial charge in [0.25, 0.3) is 0 Å². The molecule has 0 unspecified atom stereocenters. The van der Waals surface area contributed by atoms with Crippen LogP contribution in [0, 0.1) is 12.3 Å². The lowest BCUT2D eigenvalue weighted by molar-refractivity contribution is 0.300. The van der Waals surface area contributed by atoms with E-state index in [9.17, 15) is 5.11 Å². The van der Waals surface area contributed by atoms with Crippen LogP contribution >= 0.6 is 0 Å². The molecule has 21 heavy (non-hydrogen) atoms. The number of aliphatic hydroxyl groups excluding tert-OH is 1. The summed E-state index contributed by atoms with van der Waals surface area (Å²) in [6.07, 6.45) is 0. The van der Waals surface area contributed by atoms with Gasteiger partial charge in [-0.2, -0.15) is 5.10 Å². The van der Waals surface area contributed by atoms with Crippen LogP contribution in [-0.4, -0.2) is 33.9 Å². The van der Waals surface area contributed by atoms with Crippen molar-refractivity contribution in [1.82, 2.24) is 9.78 Å². The summed E-state index contributed by atoms with van der Waals surface area (Å²) in [5.41, 5.74) is 8.17. The lowest BCUT2D eigenvalue weighted by atomic mass is 10.1. The molecule has 0 amide bonds. The van der Waals surface area contributed by atoms with Gasteiger partial charge in [-0.05, 0) is 12.5 Å². The van der Waals surface area contributed by atoms with E-state index in [2.05, 4.69) is 5.10 Å². The Morgan fingerprint density at radius 3 is 2.62 bits per heavy atom. The third-order valence-electron chi connectivity index (χ3n) is 3.35. The van der Waals surface area contributed by atoms with Crippen LogP contribution in [0.1, 0.15) is 16.8 Å². The van der Waals surface area contributed by atoms with E-state index in [4.69, 9.17) is 11.1 Å². The summed E-state index contributed by atoms with van der Waals surface area (Å²) < 4.78 is 1.71. The number of hydrogen-bond donors (Lipinski definition) is 3. The van der Waals surface area contributed by atoms with Gasteiger partial charge in [-0.15, -0.1) is 0 Å². The highest BCUT2D eigenvalue weighted by molar-refractivity contribution is 6.00. The van der Waals surface area contributed by atoms with Gasteiger partial charge < -0.3 is 15.7 Å². The molecule has 1 aromatic carbocycles. The first-order valence-corrected chi connectivity index (χ1v) is 6.82. The van der Waals surface area contributed by atoms with Gasteiger partial charge in [-0.1, -0.05) is 30.3 Å². The van der Waals surface area contributed by atoms with Gasteiger partial charge in [0, 0.05) is 20.1 Å². The number of nitrogens with one attached hydrogen (secondary N) is 1. The second kappa shape index (κ2) is 6.41. The number of nitrogens with zero attached hydrogens (tertiary/aromatic N) is 3. The highest BCUT2D eigenvalue weighted by atomic mass is 16.3. The molecule has 0 atom stereocenters. The van der Waals surface area contributed by atoms with E-state index in [1.165, 1.54) is 0 Å². The number of nitrogens with two attached hydrogens (primary N) is 1. The van der Waals surface area contributed by atoms with Gasteiger partial charge in [-0.3, -0.25) is 10.1 Å². The number of nitrogen functional groups attached to an aromatic ring is 1. The fourth-order valence-electron chi connectivity index (χ4n) is 2.51. The molecule has 0 aliphatic carbocycles. The second-order valence-electron chi connectivity index (χ2n) is 4.95. The molecule has 1 aromatic heterocycles. The maximum atomic E-state index is 9.35. The van der Waals surface area contributed by atoms with Crippen LogP contribution in [0.3, 0.4) is 0 Å². The Labute approximate surface area is 124 Å². The highest BCUT2D eigenvalue weighted by Crippen LogP contribution is 2.24. The molecule has 0 fully saturated rings. The number of rotatable bonds is 6. The number of benzene rings is 1. The molecule has 112 valence electrons. The molecule has 4 N–H and O–H groups in total. The van der Waals surface area contributed by atoms with Crippen molar-refractivity contribution in [3.63, 3.8) is 0 Å². The van der Waals surface area contributed by atoms with E-state index in [1.807, 2.05) is 49.2 Å².